The predicted molar refractivity (Wildman–Crippen MR) is 131 cm³/mol. The second-order valence-corrected chi connectivity index (χ2v) is 10.6. The molecular weight excluding hydrogens is 477 g/mol. The van der Waals surface area contributed by atoms with Crippen LogP contribution in [0.3, 0.4) is 0 Å². The summed E-state index contributed by atoms with van der Waals surface area (Å²) in [6, 6.07) is 16.9. The number of hydrogen-bond acceptors (Lipinski definition) is 7. The van der Waals surface area contributed by atoms with E-state index in [1.807, 2.05) is 0 Å². The topological polar surface area (TPSA) is 102 Å². The van der Waals surface area contributed by atoms with Crippen LogP contribution in [0, 0.1) is 5.82 Å². The van der Waals surface area contributed by atoms with Crippen LogP contribution in [-0.2, 0) is 9.84 Å². The van der Waals surface area contributed by atoms with E-state index < -0.39 is 27.1 Å². The zero-order valence-electron chi connectivity index (χ0n) is 17.6. The van der Waals surface area contributed by atoms with Crippen molar-refractivity contribution in [3.05, 3.63) is 88.5 Å². The van der Waals surface area contributed by atoms with Gasteiger partial charge in [0.15, 0.2) is 9.84 Å². The quantitative estimate of drug-likeness (QED) is 0.369. The van der Waals surface area contributed by atoms with Crippen molar-refractivity contribution >= 4 is 53.5 Å². The number of nitrogens with zero attached hydrogens (tertiary/aromatic N) is 3. The summed E-state index contributed by atoms with van der Waals surface area (Å²) in [7, 11) is -3.36. The van der Waals surface area contributed by atoms with Gasteiger partial charge < -0.3 is 5.11 Å². The first-order chi connectivity index (χ1) is 16.2. The van der Waals surface area contributed by atoms with Crippen LogP contribution in [-0.4, -0.2) is 35.5 Å². The molecule has 1 N–H and O–H groups in total. The summed E-state index contributed by atoms with van der Waals surface area (Å²) in [5, 5.41) is 12.1. The van der Waals surface area contributed by atoms with Crippen LogP contribution in [0.1, 0.15) is 5.56 Å². The number of benzene rings is 3. The number of aliphatic imine (C=N–C) groups is 1. The van der Waals surface area contributed by atoms with E-state index in [-0.39, 0.29) is 21.5 Å². The Morgan fingerprint density at radius 3 is 2.50 bits per heavy atom. The molecule has 0 amide bonds. The van der Waals surface area contributed by atoms with Crippen LogP contribution >= 0.6 is 11.3 Å². The third-order valence-corrected chi connectivity index (χ3v) is 7.31. The third kappa shape index (κ3) is 3.76. The van der Waals surface area contributed by atoms with Crippen molar-refractivity contribution in [1.29, 1.82) is 0 Å². The Balaban J connectivity index is 1.69. The highest BCUT2D eigenvalue weighted by Crippen LogP contribution is 2.31. The number of thiazole rings is 1. The predicted octanol–water partition coefficient (Wildman–Crippen LogP) is 4.60. The van der Waals surface area contributed by atoms with Crippen molar-refractivity contribution < 1.29 is 17.9 Å². The maximum atomic E-state index is 14.5. The molecule has 170 valence electrons. The lowest BCUT2D eigenvalue weighted by molar-refractivity contribution is 0.433. The molecule has 2 aromatic heterocycles. The second kappa shape index (κ2) is 8.15. The number of rotatable bonds is 4. The van der Waals surface area contributed by atoms with Gasteiger partial charge in [0.1, 0.15) is 5.82 Å². The molecule has 7 nitrogen and oxygen atoms in total. The number of fused-ring (bicyclic) bond motifs is 2. The van der Waals surface area contributed by atoms with E-state index in [1.165, 1.54) is 47.9 Å². The molecule has 0 saturated heterocycles. The first-order valence-electron chi connectivity index (χ1n) is 10.0. The average molecular weight is 494 g/mol. The fourth-order valence-corrected chi connectivity index (χ4v) is 5.22. The van der Waals surface area contributed by atoms with E-state index >= 15 is 0 Å². The van der Waals surface area contributed by atoms with Crippen LogP contribution in [0.2, 0.25) is 0 Å². The van der Waals surface area contributed by atoms with Crippen molar-refractivity contribution in [2.45, 2.75) is 4.90 Å². The minimum atomic E-state index is -3.36. The van der Waals surface area contributed by atoms with Gasteiger partial charge in [-0.2, -0.15) is 0 Å². The van der Waals surface area contributed by atoms with E-state index in [1.54, 1.807) is 36.4 Å². The van der Waals surface area contributed by atoms with Crippen molar-refractivity contribution in [3.8, 4) is 11.6 Å². The summed E-state index contributed by atoms with van der Waals surface area (Å²) in [5.74, 6) is -1.12. The largest absolute Gasteiger partial charge is 0.494 e. The molecular formula is C24H16FN3O4S2. The normalized spacial score (nSPS) is 12.2. The lowest BCUT2D eigenvalue weighted by Gasteiger charge is -2.14. The third-order valence-electron chi connectivity index (χ3n) is 5.28. The lowest BCUT2D eigenvalue weighted by atomic mass is 10.1. The fraction of sp³-hybridized carbons (Fsp3) is 0.0417. The van der Waals surface area contributed by atoms with Crippen LogP contribution < -0.4 is 5.56 Å². The molecule has 0 unspecified atom stereocenters. The van der Waals surface area contributed by atoms with Crippen molar-refractivity contribution in [1.82, 2.24) is 9.55 Å². The smallest absolute Gasteiger partial charge is 0.265 e. The minimum absolute atomic E-state index is 0.0845. The molecule has 0 saturated carbocycles. The van der Waals surface area contributed by atoms with E-state index in [9.17, 15) is 22.7 Å². The maximum absolute atomic E-state index is 14.5. The van der Waals surface area contributed by atoms with Gasteiger partial charge in [-0.15, -0.1) is 0 Å². The van der Waals surface area contributed by atoms with Crippen molar-refractivity contribution in [2.75, 3.05) is 6.26 Å². The van der Waals surface area contributed by atoms with Crippen LogP contribution in [0.5, 0.6) is 5.88 Å². The number of aromatic hydroxyl groups is 1. The summed E-state index contributed by atoms with van der Waals surface area (Å²) in [6.45, 7) is 0. The second-order valence-electron chi connectivity index (χ2n) is 7.53. The standard InChI is InChI=1S/C24H16FN3O4S2/c1-34(31,32)14-10-11-19-21(12-14)33-24(27-19)26-13-17-15-6-2-3-7-16(15)22(29)28(23(17)30)20-9-5-4-8-18(20)25/h2-13,30H,1H3. The molecule has 0 spiro atoms. The molecule has 0 bridgehead atoms. The first-order valence-corrected chi connectivity index (χ1v) is 12.7. The summed E-state index contributed by atoms with van der Waals surface area (Å²) in [6.07, 6.45) is 2.50. The van der Waals surface area contributed by atoms with E-state index in [0.717, 1.165) is 10.8 Å². The lowest BCUT2D eigenvalue weighted by Crippen LogP contribution is -2.21. The first kappa shape index (κ1) is 21.9. The molecule has 2 heterocycles. The SMILES string of the molecule is CS(=O)(=O)c1ccc2nc(N=Cc3c(O)n(-c4ccccc4F)c(=O)c4ccccc34)sc2c1. The van der Waals surface area contributed by atoms with Gasteiger partial charge in [-0.25, -0.2) is 27.4 Å². The van der Waals surface area contributed by atoms with Gasteiger partial charge in [0.05, 0.1) is 26.4 Å². The van der Waals surface area contributed by atoms with Crippen LogP contribution in [0.15, 0.2) is 81.4 Å². The Labute approximate surface area is 197 Å². The van der Waals surface area contributed by atoms with E-state index in [4.69, 9.17) is 0 Å². The summed E-state index contributed by atoms with van der Waals surface area (Å²) < 4.78 is 39.7. The minimum Gasteiger partial charge on any atom is -0.494 e. The Bertz CT molecular complexity index is 1790. The number of hydrogen-bond donors (Lipinski definition) is 1. The maximum Gasteiger partial charge on any atom is 0.265 e. The Hall–Kier alpha value is -3.89. The monoisotopic (exact) mass is 493 g/mol. The van der Waals surface area contributed by atoms with Gasteiger partial charge in [0.25, 0.3) is 5.56 Å². The van der Waals surface area contributed by atoms with Gasteiger partial charge in [0.2, 0.25) is 11.0 Å². The molecule has 0 aliphatic rings. The molecule has 0 aliphatic heterocycles. The highest BCUT2D eigenvalue weighted by molar-refractivity contribution is 7.90. The number of aromatic nitrogens is 2. The zero-order valence-corrected chi connectivity index (χ0v) is 19.3. The highest BCUT2D eigenvalue weighted by atomic mass is 32.2. The van der Waals surface area contributed by atoms with Crippen molar-refractivity contribution in [2.24, 2.45) is 4.99 Å². The molecule has 0 aliphatic carbocycles. The Morgan fingerprint density at radius 2 is 1.76 bits per heavy atom. The fourth-order valence-electron chi connectivity index (χ4n) is 3.64. The van der Waals surface area contributed by atoms with Gasteiger partial charge in [-0.3, -0.25) is 4.79 Å². The van der Waals surface area contributed by atoms with Gasteiger partial charge in [0, 0.05) is 23.2 Å². The highest BCUT2D eigenvalue weighted by Gasteiger charge is 2.18. The molecule has 0 atom stereocenters. The summed E-state index contributed by atoms with van der Waals surface area (Å²) >= 11 is 1.18. The summed E-state index contributed by atoms with van der Waals surface area (Å²) in [5.41, 5.74) is 0.145. The number of pyridine rings is 1. The van der Waals surface area contributed by atoms with Gasteiger partial charge >= 0.3 is 0 Å². The number of sulfone groups is 1. The molecule has 10 heteroatoms. The number of para-hydroxylation sites is 1. The number of halogens is 1. The molecule has 0 radical (unpaired) electrons. The Kier molecular flexibility index (Phi) is 5.26. The summed E-state index contributed by atoms with van der Waals surface area (Å²) in [4.78, 5) is 22.0. The van der Waals surface area contributed by atoms with E-state index in [0.29, 0.717) is 20.7 Å². The molecule has 3 aromatic carbocycles. The van der Waals surface area contributed by atoms with Crippen LogP contribution in [0.4, 0.5) is 9.52 Å². The molecule has 34 heavy (non-hydrogen) atoms. The Morgan fingerprint density at radius 1 is 1.06 bits per heavy atom. The average Bonchev–Trinajstić information content (AvgIpc) is 3.22. The molecule has 0 fully saturated rings. The van der Waals surface area contributed by atoms with Crippen molar-refractivity contribution in [3.63, 3.8) is 0 Å². The van der Waals surface area contributed by atoms with Crippen LogP contribution in [0.25, 0.3) is 26.7 Å². The zero-order chi connectivity index (χ0) is 24.0. The molecule has 5 aromatic rings. The van der Waals surface area contributed by atoms with E-state index in [2.05, 4.69) is 9.98 Å². The van der Waals surface area contributed by atoms with Gasteiger partial charge in [-0.05, 0) is 36.4 Å². The van der Waals surface area contributed by atoms with Gasteiger partial charge in [-0.1, -0.05) is 41.7 Å². The molecule has 5 rings (SSSR count).